The Kier molecular flexibility index (Phi) is 2.93. The minimum absolute atomic E-state index is 0.114. The van der Waals surface area contributed by atoms with Crippen LogP contribution in [0.1, 0.15) is 48.9 Å². The fourth-order valence-corrected chi connectivity index (χ4v) is 6.40. The molecule has 1 amide bonds. The summed E-state index contributed by atoms with van der Waals surface area (Å²) in [4.78, 5) is 12.9. The van der Waals surface area contributed by atoms with Gasteiger partial charge in [-0.05, 0) is 23.8 Å². The smallest absolute Gasteiger partial charge is 0.278 e. The van der Waals surface area contributed by atoms with Crippen LogP contribution in [0.3, 0.4) is 0 Å². The number of benzene rings is 1. The van der Waals surface area contributed by atoms with Crippen LogP contribution in [-0.4, -0.2) is 25.4 Å². The molecule has 0 radical (unpaired) electrons. The van der Waals surface area contributed by atoms with Crippen LogP contribution in [-0.2, 0) is 10.0 Å². The third kappa shape index (κ3) is 1.81. The molecule has 2 saturated heterocycles. The zero-order chi connectivity index (χ0) is 14.6. The van der Waals surface area contributed by atoms with Crippen molar-refractivity contribution in [1.82, 2.24) is 4.22 Å². The van der Waals surface area contributed by atoms with Gasteiger partial charge in [0, 0.05) is 0 Å². The monoisotopic (exact) mass is 303 g/mol. The summed E-state index contributed by atoms with van der Waals surface area (Å²) in [6.07, 6.45) is 6.54. The number of sulfonamides is 1. The van der Waals surface area contributed by atoms with E-state index >= 15 is 0 Å². The van der Waals surface area contributed by atoms with Gasteiger partial charge in [0.25, 0.3) is 22.8 Å². The number of carbonyl (C=O) groups excluding carboxylic acids is 1. The van der Waals surface area contributed by atoms with E-state index < -0.39 is 10.0 Å². The van der Waals surface area contributed by atoms with Crippen LogP contribution in [0.4, 0.5) is 0 Å². The summed E-state index contributed by atoms with van der Waals surface area (Å²) < 4.78 is 26.9. The molecule has 0 aromatic heterocycles. The van der Waals surface area contributed by atoms with Gasteiger partial charge in [-0.15, -0.1) is 0 Å². The molecule has 1 aromatic carbocycles. The van der Waals surface area contributed by atoms with Crippen molar-refractivity contribution in [2.75, 3.05) is 0 Å². The van der Waals surface area contributed by atoms with Gasteiger partial charge in [0.2, 0.25) is 0 Å². The number of rotatable bonds is 1. The Hall–Kier alpha value is -1.30. The Balaban J connectivity index is 1.81. The van der Waals surface area contributed by atoms with Gasteiger partial charge in [-0.3, -0.25) is 9.01 Å². The number of hydrogen-bond acceptors (Lipinski definition) is 3. The van der Waals surface area contributed by atoms with E-state index in [2.05, 4.69) is 0 Å². The Morgan fingerprint density at radius 3 is 2.14 bits per heavy atom. The van der Waals surface area contributed by atoms with E-state index in [4.69, 9.17) is 0 Å². The van der Waals surface area contributed by atoms with Gasteiger partial charge in [0.1, 0.15) is 0 Å². The average molecular weight is 303 g/mol. The second-order valence-corrected chi connectivity index (χ2v) is 8.26. The van der Waals surface area contributed by atoms with Gasteiger partial charge in [-0.1, -0.05) is 50.7 Å². The molecule has 21 heavy (non-hydrogen) atoms. The number of carbonyl (C=O) groups is 1. The average Bonchev–Trinajstić information content (AvgIpc) is 2.66. The second-order valence-electron chi connectivity index (χ2n) is 6.47. The molecule has 2 fully saturated rings. The van der Waals surface area contributed by atoms with Crippen LogP contribution < -0.4 is 0 Å². The minimum Gasteiger partial charge on any atom is -0.278 e. The van der Waals surface area contributed by atoms with Gasteiger partial charge in [0.05, 0.1) is 10.5 Å². The number of fused-ring (bicyclic) bond motifs is 3. The van der Waals surface area contributed by atoms with E-state index in [0.717, 1.165) is 25.7 Å². The van der Waals surface area contributed by atoms with E-state index in [-0.39, 0.29) is 17.7 Å². The Labute approximate surface area is 125 Å². The van der Waals surface area contributed by atoms with Gasteiger partial charge in [-0.25, -0.2) is 8.42 Å². The highest BCUT2D eigenvalue weighted by atomic mass is 32.2. The van der Waals surface area contributed by atoms with Gasteiger partial charge < -0.3 is 0 Å². The fourth-order valence-electron chi connectivity index (χ4n) is 4.52. The number of amides is 1. The predicted molar refractivity (Wildman–Crippen MR) is 80.8 cm³/mol. The third-order valence-corrected chi connectivity index (χ3v) is 7.23. The summed E-state index contributed by atoms with van der Waals surface area (Å²) in [7, 11) is -3.65. The zero-order valence-corrected chi connectivity index (χ0v) is 12.7. The van der Waals surface area contributed by atoms with Crippen LogP contribution in [0.15, 0.2) is 29.2 Å². The van der Waals surface area contributed by atoms with Crippen molar-refractivity contribution >= 4 is 22.8 Å². The summed E-state index contributed by atoms with van der Waals surface area (Å²) in [5, 5.41) is 0. The maximum Gasteiger partial charge on any atom is 0.284 e. The lowest BCUT2D eigenvalue weighted by Gasteiger charge is -2.43. The number of nitrogens with zero attached hydrogens (tertiary/aromatic N) is 1. The molecule has 4 rings (SSSR count). The Morgan fingerprint density at radius 1 is 1.00 bits per heavy atom. The Bertz CT molecular complexity index is 681. The first-order valence-corrected chi connectivity index (χ1v) is 9.22. The lowest BCUT2D eigenvalue weighted by atomic mass is 9.34. The molecular weight excluding hydrogens is 285 g/mol. The minimum atomic E-state index is -3.65. The highest BCUT2D eigenvalue weighted by Crippen LogP contribution is 2.50. The first kappa shape index (κ1) is 13.4. The van der Waals surface area contributed by atoms with Crippen LogP contribution in [0.2, 0.25) is 11.6 Å². The molecule has 3 aliphatic rings. The molecule has 2 bridgehead atoms. The standard InChI is InChI=1S/C15H18BNO3S/c18-15-13-9-1-2-10-14(13)21(19,20)17(15)16-11-5-3-6-12(16)8-4-7-11/h1-2,9-12H,3-8H2. The molecule has 110 valence electrons. The first-order chi connectivity index (χ1) is 10.1. The summed E-state index contributed by atoms with van der Waals surface area (Å²) in [5.74, 6) is 0.394. The molecule has 3 aliphatic heterocycles. The van der Waals surface area contributed by atoms with E-state index in [0.29, 0.717) is 17.2 Å². The molecule has 0 aliphatic carbocycles. The zero-order valence-electron chi connectivity index (χ0n) is 11.9. The third-order valence-electron chi connectivity index (χ3n) is 5.39. The summed E-state index contributed by atoms with van der Waals surface area (Å²) in [6.45, 7) is -0.114. The van der Waals surface area contributed by atoms with Crippen molar-refractivity contribution in [3.05, 3.63) is 29.8 Å². The lowest BCUT2D eigenvalue weighted by molar-refractivity contribution is 0.0918. The highest BCUT2D eigenvalue weighted by Gasteiger charge is 2.53. The molecule has 0 unspecified atom stereocenters. The molecule has 0 N–H and O–H groups in total. The van der Waals surface area contributed by atoms with E-state index in [9.17, 15) is 13.2 Å². The van der Waals surface area contributed by atoms with Crippen molar-refractivity contribution in [1.29, 1.82) is 0 Å². The van der Waals surface area contributed by atoms with Crippen LogP contribution in [0.25, 0.3) is 0 Å². The van der Waals surface area contributed by atoms with Crippen molar-refractivity contribution < 1.29 is 13.2 Å². The largest absolute Gasteiger partial charge is 0.284 e. The van der Waals surface area contributed by atoms with Crippen molar-refractivity contribution in [3.8, 4) is 0 Å². The van der Waals surface area contributed by atoms with Crippen molar-refractivity contribution in [2.24, 2.45) is 0 Å². The predicted octanol–water partition coefficient (Wildman–Crippen LogP) is 2.93. The van der Waals surface area contributed by atoms with Gasteiger partial charge in [-0.2, -0.15) is 0 Å². The maximum absolute atomic E-state index is 12.8. The normalized spacial score (nSPS) is 30.4. The van der Waals surface area contributed by atoms with Crippen LogP contribution >= 0.6 is 0 Å². The number of hydrogen-bond donors (Lipinski definition) is 0. The molecule has 0 atom stereocenters. The van der Waals surface area contributed by atoms with Gasteiger partial charge in [0.15, 0.2) is 0 Å². The molecule has 1 aromatic rings. The van der Waals surface area contributed by atoms with E-state index in [1.54, 1.807) is 24.3 Å². The molecule has 0 spiro atoms. The molecule has 6 heteroatoms. The summed E-state index contributed by atoms with van der Waals surface area (Å²) in [5.41, 5.74) is 0.348. The molecule has 3 heterocycles. The molecular formula is C15H18BNO3S. The topological polar surface area (TPSA) is 54.5 Å². The van der Waals surface area contributed by atoms with E-state index in [1.807, 2.05) is 0 Å². The van der Waals surface area contributed by atoms with Crippen molar-refractivity contribution in [2.45, 2.75) is 55.1 Å². The summed E-state index contributed by atoms with van der Waals surface area (Å²) >= 11 is 0. The molecule has 4 nitrogen and oxygen atoms in total. The maximum atomic E-state index is 12.8. The van der Waals surface area contributed by atoms with Crippen molar-refractivity contribution in [3.63, 3.8) is 0 Å². The second kappa shape index (κ2) is 4.60. The highest BCUT2D eigenvalue weighted by molar-refractivity contribution is 7.91. The first-order valence-electron chi connectivity index (χ1n) is 7.78. The van der Waals surface area contributed by atoms with E-state index in [1.165, 1.54) is 17.1 Å². The Morgan fingerprint density at radius 2 is 1.57 bits per heavy atom. The summed E-state index contributed by atoms with van der Waals surface area (Å²) in [6, 6.07) is 6.61. The van der Waals surface area contributed by atoms with Gasteiger partial charge >= 0.3 is 0 Å². The fraction of sp³-hybridized carbons (Fsp3) is 0.533. The lowest BCUT2D eigenvalue weighted by Crippen LogP contribution is -2.52. The van der Waals surface area contributed by atoms with Crippen LogP contribution in [0, 0.1) is 0 Å². The molecule has 0 saturated carbocycles. The quantitative estimate of drug-likeness (QED) is 0.750. The SMILES string of the molecule is O=C1c2ccccc2S(=O)(=O)N1B1C2CCCC1CCC2. The van der Waals surface area contributed by atoms with Crippen LogP contribution in [0.5, 0.6) is 0 Å².